The summed E-state index contributed by atoms with van der Waals surface area (Å²) in [5.41, 5.74) is 3.10. The van der Waals surface area contributed by atoms with Crippen molar-refractivity contribution in [3.05, 3.63) is 42.6 Å². The molecule has 11 heavy (non-hydrogen) atoms. The molecule has 0 aliphatic carbocycles. The van der Waals surface area contributed by atoms with Gasteiger partial charge in [0.05, 0.1) is 11.2 Å². The van der Waals surface area contributed by atoms with Gasteiger partial charge in [0.1, 0.15) is 0 Å². The minimum Gasteiger partial charge on any atom is -0.240 e. The fraction of sp³-hybridized carbons (Fsp3) is 0.111. The largest absolute Gasteiger partial charge is 0.240 e. The molecule has 2 aromatic rings. The molecule has 0 fully saturated rings. The average Bonchev–Trinajstić information content (AvgIpc) is 2.30. The van der Waals surface area contributed by atoms with Crippen molar-refractivity contribution < 1.29 is 0 Å². The second-order valence-corrected chi connectivity index (χ2v) is 2.59. The second-order valence-electron chi connectivity index (χ2n) is 2.59. The Morgan fingerprint density at radius 3 is 3.00 bits per heavy atom. The van der Waals surface area contributed by atoms with Crippen LogP contribution in [0.5, 0.6) is 0 Å². The van der Waals surface area contributed by atoms with Gasteiger partial charge in [0.15, 0.2) is 0 Å². The number of hydrogen-bond donors (Lipinski definition) is 0. The monoisotopic (exact) mass is 145 g/mol. The lowest BCUT2D eigenvalue weighted by atomic mass is 10.2. The molecule has 2 heteroatoms. The first-order valence-electron chi connectivity index (χ1n) is 3.55. The van der Waals surface area contributed by atoms with Gasteiger partial charge in [-0.3, -0.25) is 0 Å². The maximum absolute atomic E-state index is 4.27. The highest BCUT2D eigenvalue weighted by Gasteiger charge is 2.01. The lowest BCUT2D eigenvalue weighted by Gasteiger charge is -1.89. The Kier molecular flexibility index (Phi) is 1.22. The van der Waals surface area contributed by atoms with Crippen LogP contribution in [0.2, 0.25) is 0 Å². The number of aromatic nitrogens is 2. The van der Waals surface area contributed by atoms with Crippen molar-refractivity contribution in [1.82, 2.24) is 9.61 Å². The fourth-order valence-electron chi connectivity index (χ4n) is 1.17. The van der Waals surface area contributed by atoms with Crippen molar-refractivity contribution in [3.63, 3.8) is 0 Å². The van der Waals surface area contributed by atoms with Crippen LogP contribution in [0.3, 0.4) is 0 Å². The van der Waals surface area contributed by atoms with Crippen molar-refractivity contribution in [2.75, 3.05) is 0 Å². The van der Waals surface area contributed by atoms with E-state index < -0.39 is 0 Å². The number of hydrogen-bond acceptors (Lipinski definition) is 1. The van der Waals surface area contributed by atoms with Crippen molar-refractivity contribution in [3.8, 4) is 0 Å². The molecule has 0 aliphatic rings. The second kappa shape index (κ2) is 2.09. The average molecular weight is 145 g/mol. The highest BCUT2D eigenvalue weighted by Crippen LogP contribution is 2.12. The van der Waals surface area contributed by atoms with Gasteiger partial charge in [-0.2, -0.15) is 5.10 Å². The van der Waals surface area contributed by atoms with E-state index in [1.165, 1.54) is 0 Å². The van der Waals surface area contributed by atoms with E-state index in [0.29, 0.717) is 0 Å². The zero-order valence-corrected chi connectivity index (χ0v) is 6.41. The summed E-state index contributed by atoms with van der Waals surface area (Å²) in [5, 5.41) is 4.27. The van der Waals surface area contributed by atoms with Crippen LogP contribution in [0.4, 0.5) is 0 Å². The SMILES string of the molecule is [CH2]c1c(C)nn2ccccc12. The van der Waals surface area contributed by atoms with Crippen LogP contribution in [-0.4, -0.2) is 9.61 Å². The summed E-state index contributed by atoms with van der Waals surface area (Å²) in [4.78, 5) is 0. The van der Waals surface area contributed by atoms with Crippen molar-refractivity contribution >= 4 is 5.52 Å². The van der Waals surface area contributed by atoms with Gasteiger partial charge in [-0.05, 0) is 26.0 Å². The molecule has 2 aromatic heterocycles. The molecule has 0 bridgehead atoms. The van der Waals surface area contributed by atoms with Gasteiger partial charge < -0.3 is 0 Å². The molecular formula is C9H9N2. The number of nitrogens with zero attached hydrogens (tertiary/aromatic N) is 2. The van der Waals surface area contributed by atoms with E-state index in [1.807, 2.05) is 35.8 Å². The molecule has 0 saturated carbocycles. The topological polar surface area (TPSA) is 17.3 Å². The first-order chi connectivity index (χ1) is 5.29. The highest BCUT2D eigenvalue weighted by atomic mass is 15.2. The standard InChI is InChI=1S/C9H9N2/c1-7-8(2)10-11-6-4-3-5-9(7)11/h3-6H,1H2,2H3. The van der Waals surface area contributed by atoms with E-state index in [4.69, 9.17) is 0 Å². The summed E-state index contributed by atoms with van der Waals surface area (Å²) in [7, 11) is 0. The molecule has 2 rings (SSSR count). The predicted molar refractivity (Wildman–Crippen MR) is 44.4 cm³/mol. The highest BCUT2D eigenvalue weighted by molar-refractivity contribution is 5.57. The maximum Gasteiger partial charge on any atom is 0.0696 e. The Balaban J connectivity index is 2.92. The summed E-state index contributed by atoms with van der Waals surface area (Å²) in [5.74, 6) is 0. The Morgan fingerprint density at radius 1 is 1.45 bits per heavy atom. The lowest BCUT2D eigenvalue weighted by molar-refractivity contribution is 0.934. The zero-order chi connectivity index (χ0) is 7.84. The van der Waals surface area contributed by atoms with Crippen molar-refractivity contribution in [2.24, 2.45) is 0 Å². The number of fused-ring (bicyclic) bond motifs is 1. The molecule has 1 radical (unpaired) electrons. The molecule has 0 amide bonds. The number of pyridine rings is 1. The summed E-state index contributed by atoms with van der Waals surface area (Å²) in [6, 6.07) is 5.96. The fourth-order valence-corrected chi connectivity index (χ4v) is 1.17. The van der Waals surface area contributed by atoms with Crippen LogP contribution in [-0.2, 0) is 0 Å². The van der Waals surface area contributed by atoms with Gasteiger partial charge >= 0.3 is 0 Å². The van der Waals surface area contributed by atoms with Crippen LogP contribution < -0.4 is 0 Å². The lowest BCUT2D eigenvalue weighted by Crippen LogP contribution is -1.83. The molecule has 0 aromatic carbocycles. The van der Waals surface area contributed by atoms with Gasteiger partial charge in [0.2, 0.25) is 0 Å². The van der Waals surface area contributed by atoms with Crippen LogP contribution in [0.25, 0.3) is 5.52 Å². The molecule has 0 spiro atoms. The summed E-state index contributed by atoms with van der Waals surface area (Å²) >= 11 is 0. The molecule has 0 unspecified atom stereocenters. The van der Waals surface area contributed by atoms with Crippen LogP contribution in [0.15, 0.2) is 24.4 Å². The molecule has 0 saturated heterocycles. The predicted octanol–water partition coefficient (Wildman–Crippen LogP) is 1.82. The number of aryl methyl sites for hydroxylation is 1. The van der Waals surface area contributed by atoms with Gasteiger partial charge in [0, 0.05) is 11.8 Å². The van der Waals surface area contributed by atoms with E-state index >= 15 is 0 Å². The molecule has 0 N–H and O–H groups in total. The van der Waals surface area contributed by atoms with Gasteiger partial charge in [-0.1, -0.05) is 6.07 Å². The van der Waals surface area contributed by atoms with Gasteiger partial charge in [0.25, 0.3) is 0 Å². The first-order valence-corrected chi connectivity index (χ1v) is 3.55. The van der Waals surface area contributed by atoms with E-state index in [1.54, 1.807) is 0 Å². The summed E-state index contributed by atoms with van der Waals surface area (Å²) < 4.78 is 1.84. The Bertz CT molecular complexity index is 387. The smallest absolute Gasteiger partial charge is 0.0696 e. The molecule has 2 nitrogen and oxygen atoms in total. The molecule has 55 valence electrons. The van der Waals surface area contributed by atoms with Crippen LogP contribution >= 0.6 is 0 Å². The first kappa shape index (κ1) is 6.40. The van der Waals surface area contributed by atoms with Gasteiger partial charge in [-0.25, -0.2) is 4.52 Å². The van der Waals surface area contributed by atoms with Crippen LogP contribution in [0, 0.1) is 13.8 Å². The molecule has 0 atom stereocenters. The molecule has 0 aliphatic heterocycles. The number of rotatable bonds is 0. The van der Waals surface area contributed by atoms with E-state index in [2.05, 4.69) is 12.0 Å². The third kappa shape index (κ3) is 0.827. The Hall–Kier alpha value is -1.31. The minimum absolute atomic E-state index is 0.996. The van der Waals surface area contributed by atoms with Crippen molar-refractivity contribution in [1.29, 1.82) is 0 Å². The summed E-state index contributed by atoms with van der Waals surface area (Å²) in [6.45, 7) is 5.89. The zero-order valence-electron chi connectivity index (χ0n) is 6.41. The molecule has 2 heterocycles. The summed E-state index contributed by atoms with van der Waals surface area (Å²) in [6.07, 6.45) is 1.93. The van der Waals surface area contributed by atoms with E-state index in [0.717, 1.165) is 16.8 Å². The maximum atomic E-state index is 4.27. The minimum atomic E-state index is 0.996. The molecular weight excluding hydrogens is 136 g/mol. The third-order valence-corrected chi connectivity index (χ3v) is 1.84. The Labute approximate surface area is 65.5 Å². The van der Waals surface area contributed by atoms with Crippen LogP contribution in [0.1, 0.15) is 11.3 Å². The van der Waals surface area contributed by atoms with Gasteiger partial charge in [-0.15, -0.1) is 0 Å². The van der Waals surface area contributed by atoms with E-state index in [9.17, 15) is 0 Å². The Morgan fingerprint density at radius 2 is 2.27 bits per heavy atom. The van der Waals surface area contributed by atoms with E-state index in [-0.39, 0.29) is 0 Å². The quantitative estimate of drug-likeness (QED) is 0.552. The van der Waals surface area contributed by atoms with Crippen molar-refractivity contribution in [2.45, 2.75) is 6.92 Å². The third-order valence-electron chi connectivity index (χ3n) is 1.84. The normalized spacial score (nSPS) is 10.7.